The highest BCUT2D eigenvalue weighted by molar-refractivity contribution is 5.79. The van der Waals surface area contributed by atoms with E-state index in [0.29, 0.717) is 13.2 Å². The van der Waals surface area contributed by atoms with Gasteiger partial charge in [-0.25, -0.2) is 0 Å². The van der Waals surface area contributed by atoms with Gasteiger partial charge in [-0.15, -0.1) is 0 Å². The van der Waals surface area contributed by atoms with Gasteiger partial charge in [-0.3, -0.25) is 9.78 Å². The molecule has 1 heterocycles. The van der Waals surface area contributed by atoms with Crippen molar-refractivity contribution < 1.29 is 9.53 Å². The highest BCUT2D eigenvalue weighted by atomic mass is 16.5. The quantitative estimate of drug-likeness (QED) is 0.835. The van der Waals surface area contributed by atoms with E-state index in [1.165, 1.54) is 0 Å². The first-order chi connectivity index (χ1) is 9.19. The fraction of sp³-hybridized carbons (Fsp3) is 0.333. The van der Waals surface area contributed by atoms with Gasteiger partial charge in [0.1, 0.15) is 0 Å². The number of rotatable bonds is 5. The molecule has 2 rings (SSSR count). The maximum absolute atomic E-state index is 11.2. The lowest BCUT2D eigenvalue weighted by Gasteiger charge is -2.06. The number of fused-ring (bicyclic) bond motifs is 1. The number of ether oxygens (including phenoxy) is 1. The van der Waals surface area contributed by atoms with Gasteiger partial charge in [-0.2, -0.15) is 0 Å². The number of hydrogen-bond donors (Lipinski definition) is 1. The molecular weight excluding hydrogens is 240 g/mol. The lowest BCUT2D eigenvalue weighted by molar-refractivity contribution is -0.142. The molecule has 0 amide bonds. The minimum absolute atomic E-state index is 0.222. The first-order valence-electron chi connectivity index (χ1n) is 6.41. The summed E-state index contributed by atoms with van der Waals surface area (Å²) in [7, 11) is 0. The van der Waals surface area contributed by atoms with Gasteiger partial charge in [-0.1, -0.05) is 12.1 Å². The van der Waals surface area contributed by atoms with Crippen molar-refractivity contribution in [1.82, 2.24) is 10.3 Å². The van der Waals surface area contributed by atoms with Crippen LogP contribution < -0.4 is 5.32 Å². The van der Waals surface area contributed by atoms with E-state index in [1.807, 2.05) is 25.1 Å². The lowest BCUT2D eigenvalue weighted by Crippen LogP contribution is -2.24. The molecule has 19 heavy (non-hydrogen) atoms. The van der Waals surface area contributed by atoms with Crippen molar-refractivity contribution in [2.24, 2.45) is 0 Å². The second kappa shape index (κ2) is 6.29. The topological polar surface area (TPSA) is 51.2 Å². The fourth-order valence-corrected chi connectivity index (χ4v) is 1.91. The van der Waals surface area contributed by atoms with Crippen LogP contribution in [0.15, 0.2) is 30.3 Å². The number of esters is 1. The molecule has 1 aromatic heterocycles. The molecule has 0 spiro atoms. The van der Waals surface area contributed by atoms with E-state index in [-0.39, 0.29) is 12.5 Å². The van der Waals surface area contributed by atoms with Gasteiger partial charge in [-0.05, 0) is 37.6 Å². The van der Waals surface area contributed by atoms with Gasteiger partial charge in [0.2, 0.25) is 0 Å². The Morgan fingerprint density at radius 1 is 1.32 bits per heavy atom. The van der Waals surface area contributed by atoms with Crippen molar-refractivity contribution in [2.75, 3.05) is 13.2 Å². The van der Waals surface area contributed by atoms with Gasteiger partial charge < -0.3 is 10.1 Å². The highest BCUT2D eigenvalue weighted by Gasteiger charge is 2.02. The maximum atomic E-state index is 11.2. The number of pyridine rings is 1. The first kappa shape index (κ1) is 13.5. The van der Waals surface area contributed by atoms with Crippen LogP contribution in [0.2, 0.25) is 0 Å². The fourth-order valence-electron chi connectivity index (χ4n) is 1.91. The number of aryl methyl sites for hydroxylation is 1. The molecule has 0 bridgehead atoms. The highest BCUT2D eigenvalue weighted by Crippen LogP contribution is 2.14. The predicted molar refractivity (Wildman–Crippen MR) is 74.8 cm³/mol. The van der Waals surface area contributed by atoms with Crippen molar-refractivity contribution in [1.29, 1.82) is 0 Å². The molecule has 0 saturated heterocycles. The SMILES string of the molecule is CCOC(=O)CNCc1ccc2nc(C)ccc2c1. The van der Waals surface area contributed by atoms with E-state index >= 15 is 0 Å². The average molecular weight is 258 g/mol. The molecule has 4 nitrogen and oxygen atoms in total. The van der Waals surface area contributed by atoms with Crippen molar-refractivity contribution in [3.8, 4) is 0 Å². The van der Waals surface area contributed by atoms with Crippen LogP contribution in [0.5, 0.6) is 0 Å². The minimum atomic E-state index is -0.222. The number of nitrogens with one attached hydrogen (secondary N) is 1. The molecule has 0 unspecified atom stereocenters. The molecule has 0 aliphatic heterocycles. The largest absolute Gasteiger partial charge is 0.465 e. The molecule has 0 atom stereocenters. The Morgan fingerprint density at radius 2 is 2.16 bits per heavy atom. The van der Waals surface area contributed by atoms with E-state index in [9.17, 15) is 4.79 Å². The van der Waals surface area contributed by atoms with Crippen LogP contribution >= 0.6 is 0 Å². The Balaban J connectivity index is 1.98. The van der Waals surface area contributed by atoms with Gasteiger partial charge in [0.15, 0.2) is 0 Å². The monoisotopic (exact) mass is 258 g/mol. The third kappa shape index (κ3) is 3.76. The van der Waals surface area contributed by atoms with Crippen molar-refractivity contribution >= 4 is 16.9 Å². The number of carbonyl (C=O) groups is 1. The summed E-state index contributed by atoms with van der Waals surface area (Å²) < 4.78 is 4.85. The summed E-state index contributed by atoms with van der Waals surface area (Å²) in [6.45, 7) is 5.08. The standard InChI is InChI=1S/C15H18N2O2/c1-3-19-15(18)10-16-9-12-5-7-14-13(8-12)6-4-11(2)17-14/h4-8,16H,3,9-10H2,1-2H3. The van der Waals surface area contributed by atoms with E-state index in [0.717, 1.165) is 22.2 Å². The average Bonchev–Trinajstić information content (AvgIpc) is 2.39. The molecule has 0 saturated carbocycles. The van der Waals surface area contributed by atoms with E-state index in [2.05, 4.69) is 22.4 Å². The zero-order valence-corrected chi connectivity index (χ0v) is 11.3. The van der Waals surface area contributed by atoms with Crippen LogP contribution in [0.4, 0.5) is 0 Å². The van der Waals surface area contributed by atoms with Crippen molar-refractivity contribution in [3.63, 3.8) is 0 Å². The number of nitrogens with zero attached hydrogens (tertiary/aromatic N) is 1. The van der Waals surface area contributed by atoms with Gasteiger partial charge >= 0.3 is 5.97 Å². The Bertz CT molecular complexity index is 581. The summed E-state index contributed by atoms with van der Waals surface area (Å²) in [4.78, 5) is 15.6. The van der Waals surface area contributed by atoms with Crippen molar-refractivity contribution in [3.05, 3.63) is 41.6 Å². The smallest absolute Gasteiger partial charge is 0.319 e. The van der Waals surface area contributed by atoms with Crippen LogP contribution in [0, 0.1) is 6.92 Å². The van der Waals surface area contributed by atoms with E-state index in [1.54, 1.807) is 6.92 Å². The van der Waals surface area contributed by atoms with Gasteiger partial charge in [0.25, 0.3) is 0 Å². The molecule has 0 radical (unpaired) electrons. The molecule has 2 aromatic rings. The van der Waals surface area contributed by atoms with E-state index < -0.39 is 0 Å². The summed E-state index contributed by atoms with van der Waals surface area (Å²) in [5.74, 6) is -0.222. The molecule has 1 N–H and O–H groups in total. The van der Waals surface area contributed by atoms with Gasteiger partial charge in [0.05, 0.1) is 18.7 Å². The molecule has 1 aromatic carbocycles. The van der Waals surface area contributed by atoms with Crippen LogP contribution in [0.3, 0.4) is 0 Å². The second-order valence-corrected chi connectivity index (χ2v) is 4.39. The number of carbonyl (C=O) groups excluding carboxylic acids is 1. The molecule has 4 heteroatoms. The van der Waals surface area contributed by atoms with Crippen LogP contribution in [-0.4, -0.2) is 24.1 Å². The third-order valence-electron chi connectivity index (χ3n) is 2.80. The molecule has 0 aliphatic carbocycles. The predicted octanol–water partition coefficient (Wildman–Crippen LogP) is 2.20. The number of benzene rings is 1. The van der Waals surface area contributed by atoms with E-state index in [4.69, 9.17) is 4.74 Å². The Labute approximate surface area is 112 Å². The molecule has 100 valence electrons. The van der Waals surface area contributed by atoms with Crippen LogP contribution in [-0.2, 0) is 16.1 Å². The first-order valence-corrected chi connectivity index (χ1v) is 6.41. The minimum Gasteiger partial charge on any atom is -0.465 e. The maximum Gasteiger partial charge on any atom is 0.319 e. The zero-order valence-electron chi connectivity index (χ0n) is 11.3. The van der Waals surface area contributed by atoms with Gasteiger partial charge in [0, 0.05) is 17.6 Å². The number of hydrogen-bond acceptors (Lipinski definition) is 4. The molecular formula is C15H18N2O2. The summed E-state index contributed by atoms with van der Waals surface area (Å²) >= 11 is 0. The second-order valence-electron chi connectivity index (χ2n) is 4.39. The summed E-state index contributed by atoms with van der Waals surface area (Å²) in [5.41, 5.74) is 3.14. The lowest BCUT2D eigenvalue weighted by atomic mass is 10.1. The summed E-state index contributed by atoms with van der Waals surface area (Å²) in [6, 6.07) is 10.2. The summed E-state index contributed by atoms with van der Waals surface area (Å²) in [6.07, 6.45) is 0. The van der Waals surface area contributed by atoms with Crippen LogP contribution in [0.1, 0.15) is 18.2 Å². The Morgan fingerprint density at radius 3 is 2.95 bits per heavy atom. The Kier molecular flexibility index (Phi) is 4.47. The number of aromatic nitrogens is 1. The molecule has 0 fully saturated rings. The summed E-state index contributed by atoms with van der Waals surface area (Å²) in [5, 5.41) is 4.18. The van der Waals surface area contributed by atoms with Crippen molar-refractivity contribution in [2.45, 2.75) is 20.4 Å². The van der Waals surface area contributed by atoms with Crippen LogP contribution in [0.25, 0.3) is 10.9 Å². The Hall–Kier alpha value is -1.94. The molecule has 0 aliphatic rings. The normalized spacial score (nSPS) is 10.6. The zero-order chi connectivity index (χ0) is 13.7. The third-order valence-corrected chi connectivity index (χ3v) is 2.80.